The van der Waals surface area contributed by atoms with E-state index in [9.17, 15) is 9.18 Å². The first-order chi connectivity index (χ1) is 13.7. The highest BCUT2D eigenvalue weighted by Gasteiger charge is 2.55. The van der Waals surface area contributed by atoms with Crippen molar-refractivity contribution >= 4 is 17.8 Å². The predicted molar refractivity (Wildman–Crippen MR) is 102 cm³/mol. The van der Waals surface area contributed by atoms with Gasteiger partial charge in [0.2, 0.25) is 5.91 Å². The number of rotatable bonds is 7. The van der Waals surface area contributed by atoms with Crippen molar-refractivity contribution in [2.75, 3.05) is 31.6 Å². The van der Waals surface area contributed by atoms with Crippen LogP contribution in [-0.4, -0.2) is 47.6 Å². The van der Waals surface area contributed by atoms with Crippen LogP contribution in [-0.2, 0) is 4.79 Å². The van der Waals surface area contributed by atoms with Gasteiger partial charge in [-0.25, -0.2) is 9.37 Å². The molecule has 1 aliphatic carbocycles. The second-order valence-electron chi connectivity index (χ2n) is 7.12. The highest BCUT2D eigenvalue weighted by Crippen LogP contribution is 2.54. The number of piperidine rings is 1. The van der Waals surface area contributed by atoms with Crippen molar-refractivity contribution in [3.05, 3.63) is 48.2 Å². The number of carbonyl (C=O) groups is 1. The second-order valence-corrected chi connectivity index (χ2v) is 7.12. The van der Waals surface area contributed by atoms with Gasteiger partial charge in [0.1, 0.15) is 0 Å². The largest absolute Gasteiger partial charge is 0.467 e. The Labute approximate surface area is 162 Å². The number of fused-ring (bicyclic) bond motifs is 1. The van der Waals surface area contributed by atoms with Crippen molar-refractivity contribution in [3.8, 4) is 6.01 Å². The van der Waals surface area contributed by atoms with Crippen LogP contribution in [0.2, 0.25) is 0 Å². The number of pyridine rings is 1. The molecular formula is C20H22FN5O2. The lowest BCUT2D eigenvalue weighted by molar-refractivity contribution is -0.116. The summed E-state index contributed by atoms with van der Waals surface area (Å²) < 4.78 is 19.0. The van der Waals surface area contributed by atoms with Gasteiger partial charge in [-0.3, -0.25) is 9.78 Å². The molecule has 2 aromatic heterocycles. The number of carbonyl (C=O) groups excluding carboxylic acids is 1. The first kappa shape index (κ1) is 18.3. The molecule has 4 rings (SSSR count). The Morgan fingerprint density at radius 1 is 1.39 bits per heavy atom. The molecule has 0 unspecified atom stereocenters. The van der Waals surface area contributed by atoms with E-state index in [2.05, 4.69) is 20.3 Å². The molecule has 0 radical (unpaired) electrons. The molecule has 3 heterocycles. The second kappa shape index (κ2) is 7.92. The first-order valence-corrected chi connectivity index (χ1v) is 9.33. The molecule has 1 N–H and O–H groups in total. The molecule has 8 heteroatoms. The zero-order chi connectivity index (χ0) is 19.5. The van der Waals surface area contributed by atoms with Gasteiger partial charge in [-0.15, -0.1) is 0 Å². The van der Waals surface area contributed by atoms with Crippen LogP contribution in [0.1, 0.15) is 12.0 Å². The number of hydrogen-bond acceptors (Lipinski definition) is 6. The van der Waals surface area contributed by atoms with E-state index in [0.29, 0.717) is 30.1 Å². The summed E-state index contributed by atoms with van der Waals surface area (Å²) in [6.07, 6.45) is 8.76. The monoisotopic (exact) mass is 383 g/mol. The van der Waals surface area contributed by atoms with Gasteiger partial charge in [0, 0.05) is 38.1 Å². The van der Waals surface area contributed by atoms with Gasteiger partial charge in [-0.1, -0.05) is 6.07 Å². The zero-order valence-corrected chi connectivity index (χ0v) is 15.6. The molecule has 3 atom stereocenters. The highest BCUT2D eigenvalue weighted by molar-refractivity contribution is 5.91. The molecule has 0 bridgehead atoms. The SMILES string of the molecule is COc1ncc(F)c(N2C[C@@H]3[C@@H](CCNC(=O)/C=C/c4cccnc4)[C@@H]3C2)n1. The lowest BCUT2D eigenvalue weighted by atomic mass is 10.2. The first-order valence-electron chi connectivity index (χ1n) is 9.33. The molecule has 28 heavy (non-hydrogen) atoms. The van der Waals surface area contributed by atoms with Crippen molar-refractivity contribution in [1.82, 2.24) is 20.3 Å². The maximum atomic E-state index is 14.0. The summed E-state index contributed by atoms with van der Waals surface area (Å²) in [6, 6.07) is 3.90. The number of aromatic nitrogens is 3. The summed E-state index contributed by atoms with van der Waals surface area (Å²) in [5.74, 6) is 1.42. The highest BCUT2D eigenvalue weighted by atomic mass is 19.1. The smallest absolute Gasteiger partial charge is 0.318 e. The van der Waals surface area contributed by atoms with Gasteiger partial charge in [0.25, 0.3) is 0 Å². The van der Waals surface area contributed by atoms with Crippen LogP contribution in [0.15, 0.2) is 36.8 Å². The summed E-state index contributed by atoms with van der Waals surface area (Å²) in [5.41, 5.74) is 0.892. The van der Waals surface area contributed by atoms with E-state index in [1.807, 2.05) is 17.0 Å². The van der Waals surface area contributed by atoms with Crippen molar-refractivity contribution in [2.45, 2.75) is 6.42 Å². The van der Waals surface area contributed by atoms with Gasteiger partial charge in [-0.05, 0) is 41.9 Å². The molecule has 1 saturated heterocycles. The van der Waals surface area contributed by atoms with Gasteiger partial charge < -0.3 is 15.0 Å². The summed E-state index contributed by atoms with van der Waals surface area (Å²) in [5, 5.41) is 2.92. The molecule has 1 saturated carbocycles. The third-order valence-electron chi connectivity index (χ3n) is 5.45. The van der Waals surface area contributed by atoms with Crippen LogP contribution in [0.3, 0.4) is 0 Å². The Bertz CT molecular complexity index is 864. The molecule has 0 spiro atoms. The van der Waals surface area contributed by atoms with Crippen molar-refractivity contribution in [3.63, 3.8) is 0 Å². The number of nitrogens with one attached hydrogen (secondary N) is 1. The van der Waals surface area contributed by atoms with E-state index in [1.165, 1.54) is 13.2 Å². The Balaban J connectivity index is 1.21. The Morgan fingerprint density at radius 2 is 2.21 bits per heavy atom. The normalized spacial score (nSPS) is 22.9. The molecule has 2 aliphatic rings. The quantitative estimate of drug-likeness (QED) is 0.736. The topological polar surface area (TPSA) is 80.2 Å². The van der Waals surface area contributed by atoms with E-state index >= 15 is 0 Å². The molecule has 1 aliphatic heterocycles. The van der Waals surface area contributed by atoms with Crippen LogP contribution in [0.25, 0.3) is 6.08 Å². The lowest BCUT2D eigenvalue weighted by Crippen LogP contribution is -2.28. The van der Waals surface area contributed by atoms with Crippen LogP contribution in [0.5, 0.6) is 6.01 Å². The number of halogens is 1. The predicted octanol–water partition coefficient (Wildman–Crippen LogP) is 1.92. The minimum atomic E-state index is -0.425. The van der Waals surface area contributed by atoms with Gasteiger partial charge in [-0.2, -0.15) is 4.98 Å². The zero-order valence-electron chi connectivity index (χ0n) is 15.6. The van der Waals surface area contributed by atoms with Crippen LogP contribution >= 0.6 is 0 Å². The average Bonchev–Trinajstić information content (AvgIpc) is 3.16. The van der Waals surface area contributed by atoms with Crippen molar-refractivity contribution in [2.24, 2.45) is 17.8 Å². The fourth-order valence-electron chi connectivity index (χ4n) is 3.98. The van der Waals surface area contributed by atoms with Crippen molar-refractivity contribution < 1.29 is 13.9 Å². The summed E-state index contributed by atoms with van der Waals surface area (Å²) >= 11 is 0. The van der Waals surface area contributed by atoms with Gasteiger partial charge in [0.15, 0.2) is 11.6 Å². The van der Waals surface area contributed by atoms with E-state index in [4.69, 9.17) is 4.74 Å². The molecule has 146 valence electrons. The third kappa shape index (κ3) is 3.95. The fraction of sp³-hybridized carbons (Fsp3) is 0.400. The fourth-order valence-corrected chi connectivity index (χ4v) is 3.98. The number of anilines is 1. The van der Waals surface area contributed by atoms with E-state index in [-0.39, 0.29) is 11.9 Å². The summed E-state index contributed by atoms with van der Waals surface area (Å²) in [4.78, 5) is 25.8. The van der Waals surface area contributed by atoms with E-state index in [1.54, 1.807) is 18.5 Å². The molecule has 7 nitrogen and oxygen atoms in total. The Hall–Kier alpha value is -3.03. The molecule has 2 aromatic rings. The van der Waals surface area contributed by atoms with E-state index in [0.717, 1.165) is 31.3 Å². The minimum Gasteiger partial charge on any atom is -0.467 e. The Morgan fingerprint density at radius 3 is 2.93 bits per heavy atom. The molecule has 0 aromatic carbocycles. The van der Waals surface area contributed by atoms with Crippen LogP contribution in [0.4, 0.5) is 10.2 Å². The van der Waals surface area contributed by atoms with Gasteiger partial charge in [0.05, 0.1) is 13.3 Å². The number of ether oxygens (including phenoxy) is 1. The molecule has 2 fully saturated rings. The summed E-state index contributed by atoms with van der Waals surface area (Å²) in [6.45, 7) is 2.20. The lowest BCUT2D eigenvalue weighted by Gasteiger charge is -2.21. The average molecular weight is 383 g/mol. The minimum absolute atomic E-state index is 0.105. The molecule has 1 amide bonds. The standard InChI is InChI=1S/C20H22FN5O2/c1-28-20-24-10-17(21)19(25-20)26-11-15-14(16(15)12-26)6-8-23-18(27)5-4-13-3-2-7-22-9-13/h2-5,7,9-10,14-16H,6,8,11-12H2,1H3,(H,23,27)/b5-4+/t14-,15-,16+. The Kier molecular flexibility index (Phi) is 5.18. The van der Waals surface area contributed by atoms with Gasteiger partial charge >= 0.3 is 6.01 Å². The summed E-state index contributed by atoms with van der Waals surface area (Å²) in [7, 11) is 1.47. The third-order valence-corrected chi connectivity index (χ3v) is 5.45. The number of hydrogen-bond donors (Lipinski definition) is 1. The van der Waals surface area contributed by atoms with Crippen LogP contribution in [0, 0.1) is 23.6 Å². The van der Waals surface area contributed by atoms with Crippen molar-refractivity contribution in [1.29, 1.82) is 0 Å². The number of methoxy groups -OCH3 is 1. The van der Waals surface area contributed by atoms with Crippen LogP contribution < -0.4 is 15.0 Å². The maximum absolute atomic E-state index is 14.0. The van der Waals surface area contributed by atoms with E-state index < -0.39 is 5.82 Å². The maximum Gasteiger partial charge on any atom is 0.318 e. The number of amides is 1. The number of nitrogens with zero attached hydrogens (tertiary/aromatic N) is 4. The molecular weight excluding hydrogens is 361 g/mol.